The number of hydrogen-bond donors (Lipinski definition) is 0. The normalized spacial score (nSPS) is 21.3. The van der Waals surface area contributed by atoms with Crippen LogP contribution in [0.2, 0.25) is 0 Å². The number of halogens is 3. The number of ether oxygens (including phenoxy) is 3. The van der Waals surface area contributed by atoms with Gasteiger partial charge < -0.3 is 14.2 Å². The van der Waals surface area contributed by atoms with Crippen LogP contribution in [0.1, 0.15) is 18.4 Å². The molecule has 0 aromatic heterocycles. The van der Waals surface area contributed by atoms with Gasteiger partial charge in [0.1, 0.15) is 5.75 Å². The maximum atomic E-state index is 12.2. The SMILES string of the molecule is FC(F)(F)COc1cccc(CN2CCC(C3OCCO3)CC2)c1. The van der Waals surface area contributed by atoms with Crippen LogP contribution in [-0.2, 0) is 16.0 Å². The van der Waals surface area contributed by atoms with E-state index in [-0.39, 0.29) is 12.0 Å². The van der Waals surface area contributed by atoms with Crippen LogP contribution in [0.3, 0.4) is 0 Å². The van der Waals surface area contributed by atoms with Gasteiger partial charge in [-0.25, -0.2) is 0 Å². The highest BCUT2D eigenvalue weighted by Crippen LogP contribution is 2.27. The Balaban J connectivity index is 1.48. The van der Waals surface area contributed by atoms with Gasteiger partial charge in [0.2, 0.25) is 0 Å². The molecular weight excluding hydrogens is 323 g/mol. The number of hydrogen-bond acceptors (Lipinski definition) is 4. The molecule has 2 heterocycles. The highest BCUT2D eigenvalue weighted by Gasteiger charge is 2.30. The Morgan fingerprint density at radius 2 is 1.83 bits per heavy atom. The summed E-state index contributed by atoms with van der Waals surface area (Å²) in [6.45, 7) is 2.67. The number of rotatable bonds is 5. The van der Waals surface area contributed by atoms with E-state index in [1.807, 2.05) is 6.07 Å². The molecule has 2 aliphatic heterocycles. The first kappa shape index (κ1) is 17.5. The predicted octanol–water partition coefficient (Wildman–Crippen LogP) is 3.21. The molecule has 0 amide bonds. The Morgan fingerprint density at radius 3 is 2.50 bits per heavy atom. The number of piperidine rings is 1. The molecule has 0 saturated carbocycles. The summed E-state index contributed by atoms with van der Waals surface area (Å²) < 4.78 is 52.6. The zero-order valence-corrected chi connectivity index (χ0v) is 13.4. The van der Waals surface area contributed by atoms with Crippen LogP contribution in [0.4, 0.5) is 13.2 Å². The molecule has 2 saturated heterocycles. The fourth-order valence-corrected chi connectivity index (χ4v) is 3.19. The third-order valence-electron chi connectivity index (χ3n) is 4.37. The van der Waals surface area contributed by atoms with Gasteiger partial charge in [-0.3, -0.25) is 4.90 Å². The average Bonchev–Trinajstić information content (AvgIpc) is 3.08. The van der Waals surface area contributed by atoms with Gasteiger partial charge in [-0.15, -0.1) is 0 Å². The number of alkyl halides is 3. The lowest BCUT2D eigenvalue weighted by molar-refractivity contribution is -0.153. The summed E-state index contributed by atoms with van der Waals surface area (Å²) in [4.78, 5) is 2.30. The maximum absolute atomic E-state index is 12.2. The van der Waals surface area contributed by atoms with Crippen molar-refractivity contribution in [3.05, 3.63) is 29.8 Å². The minimum absolute atomic E-state index is 0.0637. The minimum Gasteiger partial charge on any atom is -0.484 e. The molecule has 24 heavy (non-hydrogen) atoms. The molecular formula is C17H22F3NO3. The number of nitrogens with zero attached hydrogens (tertiary/aromatic N) is 1. The molecule has 0 N–H and O–H groups in total. The van der Waals surface area contributed by atoms with Crippen molar-refractivity contribution in [3.8, 4) is 5.75 Å². The lowest BCUT2D eigenvalue weighted by Crippen LogP contribution is -2.37. The Morgan fingerprint density at radius 1 is 1.12 bits per heavy atom. The van der Waals surface area contributed by atoms with Crippen molar-refractivity contribution in [2.24, 2.45) is 5.92 Å². The van der Waals surface area contributed by atoms with E-state index in [1.54, 1.807) is 18.2 Å². The largest absolute Gasteiger partial charge is 0.484 e. The van der Waals surface area contributed by atoms with Crippen LogP contribution >= 0.6 is 0 Å². The van der Waals surface area contributed by atoms with Gasteiger partial charge in [0.25, 0.3) is 0 Å². The van der Waals surface area contributed by atoms with Crippen molar-refractivity contribution in [2.45, 2.75) is 31.9 Å². The van der Waals surface area contributed by atoms with Crippen molar-refractivity contribution in [1.82, 2.24) is 4.90 Å². The van der Waals surface area contributed by atoms with Gasteiger partial charge in [-0.1, -0.05) is 12.1 Å². The van der Waals surface area contributed by atoms with Gasteiger partial charge >= 0.3 is 6.18 Å². The monoisotopic (exact) mass is 345 g/mol. The molecule has 2 aliphatic rings. The second-order valence-electron chi connectivity index (χ2n) is 6.27. The van der Waals surface area contributed by atoms with Crippen molar-refractivity contribution < 1.29 is 27.4 Å². The van der Waals surface area contributed by atoms with Crippen molar-refractivity contribution in [1.29, 1.82) is 0 Å². The molecule has 0 aliphatic carbocycles. The topological polar surface area (TPSA) is 30.9 Å². The standard InChI is InChI=1S/C17H22F3NO3/c18-17(19,20)12-24-15-3-1-2-13(10-15)11-21-6-4-14(5-7-21)16-22-8-9-23-16/h1-3,10,14,16H,4-9,11-12H2. The molecule has 1 aromatic rings. The Kier molecular flexibility index (Phi) is 5.63. The molecule has 0 unspecified atom stereocenters. The van der Waals surface area contributed by atoms with Crippen LogP contribution in [-0.4, -0.2) is 50.3 Å². The third-order valence-corrected chi connectivity index (χ3v) is 4.37. The first-order chi connectivity index (χ1) is 11.5. The van der Waals surface area contributed by atoms with Crippen LogP contribution in [0.15, 0.2) is 24.3 Å². The van der Waals surface area contributed by atoms with Gasteiger partial charge in [-0.2, -0.15) is 13.2 Å². The van der Waals surface area contributed by atoms with Crippen LogP contribution in [0.25, 0.3) is 0 Å². The molecule has 4 nitrogen and oxygen atoms in total. The molecule has 134 valence electrons. The van der Waals surface area contributed by atoms with Gasteiger partial charge in [0.05, 0.1) is 13.2 Å². The number of likely N-dealkylation sites (tertiary alicyclic amines) is 1. The van der Waals surface area contributed by atoms with E-state index in [2.05, 4.69) is 4.90 Å². The Hall–Kier alpha value is -1.31. The lowest BCUT2D eigenvalue weighted by atomic mass is 9.96. The summed E-state index contributed by atoms with van der Waals surface area (Å²) in [5.41, 5.74) is 0.960. The average molecular weight is 345 g/mol. The van der Waals surface area contributed by atoms with Crippen molar-refractivity contribution in [3.63, 3.8) is 0 Å². The quantitative estimate of drug-likeness (QED) is 0.820. The zero-order valence-electron chi connectivity index (χ0n) is 13.4. The predicted molar refractivity (Wildman–Crippen MR) is 81.7 cm³/mol. The van der Waals surface area contributed by atoms with Crippen LogP contribution < -0.4 is 4.74 Å². The maximum Gasteiger partial charge on any atom is 0.422 e. The van der Waals surface area contributed by atoms with Gasteiger partial charge in [0, 0.05) is 12.5 Å². The van der Waals surface area contributed by atoms with E-state index in [4.69, 9.17) is 14.2 Å². The smallest absolute Gasteiger partial charge is 0.422 e. The Bertz CT molecular complexity index is 524. The molecule has 3 rings (SSSR count). The highest BCUT2D eigenvalue weighted by molar-refractivity contribution is 5.28. The fraction of sp³-hybridized carbons (Fsp3) is 0.647. The highest BCUT2D eigenvalue weighted by atomic mass is 19.4. The summed E-state index contributed by atoms with van der Waals surface area (Å²) in [6.07, 6.45) is -2.36. The molecule has 1 aromatic carbocycles. The third kappa shape index (κ3) is 5.09. The summed E-state index contributed by atoms with van der Waals surface area (Å²) in [5.74, 6) is 0.692. The molecule has 0 atom stereocenters. The summed E-state index contributed by atoms with van der Waals surface area (Å²) in [7, 11) is 0. The molecule has 0 bridgehead atoms. The lowest BCUT2D eigenvalue weighted by Gasteiger charge is -2.33. The molecule has 2 fully saturated rings. The Labute approximate surface area is 139 Å². The second kappa shape index (κ2) is 7.72. The van der Waals surface area contributed by atoms with E-state index >= 15 is 0 Å². The first-order valence-electron chi connectivity index (χ1n) is 8.24. The summed E-state index contributed by atoms with van der Waals surface area (Å²) >= 11 is 0. The molecule has 7 heteroatoms. The zero-order chi connectivity index (χ0) is 17.0. The summed E-state index contributed by atoms with van der Waals surface area (Å²) in [6, 6.07) is 6.88. The van der Waals surface area contributed by atoms with Crippen molar-refractivity contribution >= 4 is 0 Å². The fourth-order valence-electron chi connectivity index (χ4n) is 3.19. The second-order valence-corrected chi connectivity index (χ2v) is 6.27. The molecule has 0 spiro atoms. The minimum atomic E-state index is -4.32. The van der Waals surface area contributed by atoms with Crippen molar-refractivity contribution in [2.75, 3.05) is 32.9 Å². The van der Waals surface area contributed by atoms with E-state index in [0.717, 1.165) is 31.5 Å². The van der Waals surface area contributed by atoms with Crippen LogP contribution in [0, 0.1) is 5.92 Å². The van der Waals surface area contributed by atoms with E-state index in [0.29, 0.717) is 25.7 Å². The first-order valence-corrected chi connectivity index (χ1v) is 8.24. The van der Waals surface area contributed by atoms with Gasteiger partial charge in [0.15, 0.2) is 12.9 Å². The van der Waals surface area contributed by atoms with E-state index in [1.165, 1.54) is 0 Å². The summed E-state index contributed by atoms with van der Waals surface area (Å²) in [5, 5.41) is 0. The molecule has 0 radical (unpaired) electrons. The van der Waals surface area contributed by atoms with E-state index in [9.17, 15) is 13.2 Å². The van der Waals surface area contributed by atoms with Crippen LogP contribution in [0.5, 0.6) is 5.75 Å². The van der Waals surface area contributed by atoms with E-state index < -0.39 is 12.8 Å². The number of benzene rings is 1. The van der Waals surface area contributed by atoms with Gasteiger partial charge in [-0.05, 0) is 43.6 Å².